The number of ether oxygens (including phenoxy) is 1. The van der Waals surface area contributed by atoms with Crippen molar-refractivity contribution < 1.29 is 9.53 Å². The Balaban J connectivity index is 1.83. The Labute approximate surface area is 137 Å². The van der Waals surface area contributed by atoms with Crippen molar-refractivity contribution in [1.29, 1.82) is 0 Å². The number of amides is 1. The summed E-state index contributed by atoms with van der Waals surface area (Å²) in [5, 5.41) is 0. The molecule has 1 aliphatic heterocycles. The average Bonchev–Trinajstić information content (AvgIpc) is 2.96. The molecule has 2 N–H and O–H groups in total. The van der Waals surface area contributed by atoms with Crippen LogP contribution in [0.1, 0.15) is 16.8 Å². The van der Waals surface area contributed by atoms with Crippen molar-refractivity contribution in [2.45, 2.75) is 12.5 Å². The lowest BCUT2D eigenvalue weighted by Gasteiger charge is -2.17. The largest absolute Gasteiger partial charge is 0.438 e. The van der Waals surface area contributed by atoms with Crippen LogP contribution in [0.15, 0.2) is 47.1 Å². The fraction of sp³-hybridized carbons (Fsp3) is 0.250. The molecule has 3 rings (SSSR count). The van der Waals surface area contributed by atoms with Crippen molar-refractivity contribution in [1.82, 2.24) is 9.88 Å². The van der Waals surface area contributed by atoms with E-state index >= 15 is 0 Å². The Morgan fingerprint density at radius 1 is 1.32 bits per heavy atom. The molecule has 114 valence electrons. The molecule has 22 heavy (non-hydrogen) atoms. The molecule has 1 aromatic carbocycles. The van der Waals surface area contributed by atoms with Gasteiger partial charge in [-0.3, -0.25) is 4.79 Å². The van der Waals surface area contributed by atoms with Crippen molar-refractivity contribution >= 4 is 21.8 Å². The molecule has 0 saturated carbocycles. The van der Waals surface area contributed by atoms with Gasteiger partial charge in [0.1, 0.15) is 11.3 Å². The summed E-state index contributed by atoms with van der Waals surface area (Å²) in [5.74, 6) is 0.859. The molecule has 0 radical (unpaired) electrons. The molecular weight excluding hydrogens is 346 g/mol. The quantitative estimate of drug-likeness (QED) is 0.912. The second-order valence-corrected chi connectivity index (χ2v) is 6.13. The molecule has 0 spiro atoms. The minimum Gasteiger partial charge on any atom is -0.438 e. The summed E-state index contributed by atoms with van der Waals surface area (Å²) in [6.45, 7) is 1.25. The Morgan fingerprint density at radius 3 is 2.77 bits per heavy atom. The van der Waals surface area contributed by atoms with E-state index in [1.54, 1.807) is 23.2 Å². The first-order valence-corrected chi connectivity index (χ1v) is 7.86. The van der Waals surface area contributed by atoms with Crippen molar-refractivity contribution in [2.75, 3.05) is 13.1 Å². The zero-order valence-corrected chi connectivity index (χ0v) is 13.5. The number of halogens is 1. The van der Waals surface area contributed by atoms with E-state index in [1.807, 2.05) is 24.3 Å². The normalized spacial score (nSPS) is 17.5. The summed E-state index contributed by atoms with van der Waals surface area (Å²) in [5.41, 5.74) is 6.33. The second kappa shape index (κ2) is 6.46. The molecule has 0 aliphatic carbocycles. The summed E-state index contributed by atoms with van der Waals surface area (Å²) in [6, 6.07) is 10.9. The predicted molar refractivity (Wildman–Crippen MR) is 86.9 cm³/mol. The highest BCUT2D eigenvalue weighted by molar-refractivity contribution is 9.10. The van der Waals surface area contributed by atoms with Gasteiger partial charge in [-0.2, -0.15) is 0 Å². The highest BCUT2D eigenvalue weighted by Gasteiger charge is 2.27. The summed E-state index contributed by atoms with van der Waals surface area (Å²) in [4.78, 5) is 18.5. The first-order chi connectivity index (χ1) is 10.6. The maximum atomic E-state index is 12.6. The van der Waals surface area contributed by atoms with E-state index in [2.05, 4.69) is 20.9 Å². The molecular formula is C16H16BrN3O2. The summed E-state index contributed by atoms with van der Waals surface area (Å²) in [6.07, 6.45) is 2.44. The molecule has 0 bridgehead atoms. The number of nitrogens with two attached hydrogens (primary N) is 1. The van der Waals surface area contributed by atoms with E-state index in [9.17, 15) is 4.79 Å². The molecule has 0 unspecified atom stereocenters. The Hall–Kier alpha value is -1.92. The van der Waals surface area contributed by atoms with Crippen LogP contribution in [0.3, 0.4) is 0 Å². The molecule has 1 atom stereocenters. The van der Waals surface area contributed by atoms with Gasteiger partial charge in [0.05, 0.1) is 0 Å². The van der Waals surface area contributed by atoms with E-state index in [4.69, 9.17) is 10.5 Å². The minimum atomic E-state index is -0.0897. The highest BCUT2D eigenvalue weighted by atomic mass is 79.9. The zero-order valence-electron chi connectivity index (χ0n) is 11.9. The number of carbonyl (C=O) groups excluding carboxylic acids is 1. The lowest BCUT2D eigenvalue weighted by Crippen LogP contribution is -2.32. The van der Waals surface area contributed by atoms with E-state index in [0.717, 1.165) is 10.9 Å². The van der Waals surface area contributed by atoms with E-state index < -0.39 is 0 Å². The second-order valence-electron chi connectivity index (χ2n) is 5.21. The van der Waals surface area contributed by atoms with Gasteiger partial charge in [-0.1, -0.05) is 15.9 Å². The standard InChI is InChI=1S/C16H16BrN3O2/c17-11-3-5-13(6-4-11)22-15-14(2-1-8-19-15)16(21)20-9-7-12(18)10-20/h1-6,8,12H,7,9-10,18H2/t12-/m0/s1. The van der Waals surface area contributed by atoms with E-state index in [0.29, 0.717) is 30.3 Å². The number of hydrogen-bond acceptors (Lipinski definition) is 4. The third kappa shape index (κ3) is 3.28. The van der Waals surface area contributed by atoms with Gasteiger partial charge in [0.2, 0.25) is 5.88 Å². The molecule has 1 amide bonds. The molecule has 1 fully saturated rings. The lowest BCUT2D eigenvalue weighted by atomic mass is 10.2. The SMILES string of the molecule is N[C@H]1CCN(C(=O)c2cccnc2Oc2ccc(Br)cc2)C1. The average molecular weight is 362 g/mol. The van der Waals surface area contributed by atoms with Gasteiger partial charge >= 0.3 is 0 Å². The van der Waals surface area contributed by atoms with Gasteiger partial charge < -0.3 is 15.4 Å². The summed E-state index contributed by atoms with van der Waals surface area (Å²) >= 11 is 3.38. The summed E-state index contributed by atoms with van der Waals surface area (Å²) < 4.78 is 6.72. The number of nitrogens with zero attached hydrogens (tertiary/aromatic N) is 2. The maximum absolute atomic E-state index is 12.6. The Morgan fingerprint density at radius 2 is 2.09 bits per heavy atom. The van der Waals surface area contributed by atoms with Crippen molar-refractivity contribution in [2.24, 2.45) is 5.73 Å². The first-order valence-electron chi connectivity index (χ1n) is 7.07. The molecule has 5 nitrogen and oxygen atoms in total. The molecule has 1 aromatic heterocycles. The van der Waals surface area contributed by atoms with Gasteiger partial charge in [0.25, 0.3) is 5.91 Å². The van der Waals surface area contributed by atoms with Gasteiger partial charge in [0.15, 0.2) is 0 Å². The van der Waals surface area contributed by atoms with E-state index in [-0.39, 0.29) is 11.9 Å². The number of carbonyl (C=O) groups is 1. The number of aromatic nitrogens is 1. The van der Waals surface area contributed by atoms with Crippen molar-refractivity contribution in [3.63, 3.8) is 0 Å². The van der Waals surface area contributed by atoms with Crippen LogP contribution in [0.25, 0.3) is 0 Å². The van der Waals surface area contributed by atoms with Crippen LogP contribution in [-0.2, 0) is 0 Å². The molecule has 2 aromatic rings. The number of rotatable bonds is 3. The molecule has 1 aliphatic rings. The monoisotopic (exact) mass is 361 g/mol. The van der Waals surface area contributed by atoms with Crippen LogP contribution in [-0.4, -0.2) is 34.9 Å². The number of benzene rings is 1. The van der Waals surface area contributed by atoms with Crippen LogP contribution in [0, 0.1) is 0 Å². The van der Waals surface area contributed by atoms with Gasteiger partial charge in [0, 0.05) is 29.8 Å². The van der Waals surface area contributed by atoms with Crippen molar-refractivity contribution in [3.8, 4) is 11.6 Å². The van der Waals surface area contributed by atoms with Crippen LogP contribution in [0.4, 0.5) is 0 Å². The number of hydrogen-bond donors (Lipinski definition) is 1. The van der Waals surface area contributed by atoms with Crippen LogP contribution >= 0.6 is 15.9 Å². The lowest BCUT2D eigenvalue weighted by molar-refractivity contribution is 0.0787. The van der Waals surface area contributed by atoms with Gasteiger partial charge in [-0.25, -0.2) is 4.98 Å². The molecule has 6 heteroatoms. The Bertz CT molecular complexity index is 675. The van der Waals surface area contributed by atoms with Crippen molar-refractivity contribution in [3.05, 3.63) is 52.6 Å². The minimum absolute atomic E-state index is 0.0523. The first kappa shape index (κ1) is 15.0. The number of pyridine rings is 1. The molecule has 1 saturated heterocycles. The Kier molecular flexibility index (Phi) is 4.40. The third-order valence-corrected chi connectivity index (χ3v) is 4.07. The third-order valence-electron chi connectivity index (χ3n) is 3.54. The van der Waals surface area contributed by atoms with Gasteiger partial charge in [-0.15, -0.1) is 0 Å². The van der Waals surface area contributed by atoms with Crippen LogP contribution < -0.4 is 10.5 Å². The molecule has 2 heterocycles. The predicted octanol–water partition coefficient (Wildman–Crippen LogP) is 2.81. The van der Waals surface area contributed by atoms with Crippen LogP contribution in [0.2, 0.25) is 0 Å². The van der Waals surface area contributed by atoms with Gasteiger partial charge in [-0.05, 0) is 42.8 Å². The number of likely N-dealkylation sites (tertiary alicyclic amines) is 1. The smallest absolute Gasteiger partial charge is 0.259 e. The fourth-order valence-electron chi connectivity index (χ4n) is 2.39. The topological polar surface area (TPSA) is 68.5 Å². The fourth-order valence-corrected chi connectivity index (χ4v) is 2.66. The zero-order chi connectivity index (χ0) is 15.5. The van der Waals surface area contributed by atoms with E-state index in [1.165, 1.54) is 0 Å². The van der Waals surface area contributed by atoms with Crippen LogP contribution in [0.5, 0.6) is 11.6 Å². The maximum Gasteiger partial charge on any atom is 0.259 e. The highest BCUT2D eigenvalue weighted by Crippen LogP contribution is 2.26. The summed E-state index contributed by atoms with van der Waals surface area (Å²) in [7, 11) is 0.